The first-order valence-corrected chi connectivity index (χ1v) is 7.06. The Kier molecular flexibility index (Phi) is 4.35. The third-order valence-electron chi connectivity index (χ3n) is 2.65. The summed E-state index contributed by atoms with van der Waals surface area (Å²) in [6.45, 7) is 3.86. The molecule has 1 aromatic carbocycles. The molecule has 0 fully saturated rings. The standard InChI is InChI=1S/C15H17NO2S/c1-10(2)18-12-7-4-3-6-11(12)15(17)14(16)13-8-5-9-19-13/h3-10,14H,16H2,1-2H3. The second-order valence-corrected chi connectivity index (χ2v) is 5.50. The van der Waals surface area contributed by atoms with Gasteiger partial charge in [-0.15, -0.1) is 11.3 Å². The maximum absolute atomic E-state index is 12.4. The summed E-state index contributed by atoms with van der Waals surface area (Å²) in [5.74, 6) is 0.480. The zero-order valence-corrected chi connectivity index (χ0v) is 11.8. The highest BCUT2D eigenvalue weighted by Crippen LogP contribution is 2.26. The lowest BCUT2D eigenvalue weighted by Gasteiger charge is -2.15. The average Bonchev–Trinajstić information content (AvgIpc) is 2.91. The van der Waals surface area contributed by atoms with E-state index >= 15 is 0 Å². The van der Waals surface area contributed by atoms with E-state index in [0.29, 0.717) is 11.3 Å². The molecule has 100 valence electrons. The topological polar surface area (TPSA) is 52.3 Å². The molecule has 2 aromatic rings. The van der Waals surface area contributed by atoms with Gasteiger partial charge in [-0.05, 0) is 37.4 Å². The van der Waals surface area contributed by atoms with Gasteiger partial charge in [-0.25, -0.2) is 0 Å². The van der Waals surface area contributed by atoms with E-state index in [0.717, 1.165) is 4.88 Å². The zero-order valence-electron chi connectivity index (χ0n) is 11.0. The average molecular weight is 275 g/mol. The van der Waals surface area contributed by atoms with Gasteiger partial charge in [0.1, 0.15) is 11.8 Å². The Hall–Kier alpha value is -1.65. The SMILES string of the molecule is CC(C)Oc1ccccc1C(=O)C(N)c1cccs1. The van der Waals surface area contributed by atoms with Gasteiger partial charge < -0.3 is 10.5 Å². The molecule has 0 aliphatic rings. The normalized spacial score (nSPS) is 12.4. The summed E-state index contributed by atoms with van der Waals surface area (Å²) >= 11 is 1.49. The molecule has 4 heteroatoms. The van der Waals surface area contributed by atoms with E-state index in [1.807, 2.05) is 43.5 Å². The molecule has 0 radical (unpaired) electrons. The van der Waals surface area contributed by atoms with Crippen molar-refractivity contribution in [3.8, 4) is 5.75 Å². The zero-order chi connectivity index (χ0) is 13.8. The van der Waals surface area contributed by atoms with Crippen LogP contribution in [0.15, 0.2) is 41.8 Å². The van der Waals surface area contributed by atoms with E-state index in [9.17, 15) is 4.79 Å². The van der Waals surface area contributed by atoms with Crippen molar-refractivity contribution in [2.75, 3.05) is 0 Å². The Morgan fingerprint density at radius 1 is 1.21 bits per heavy atom. The number of thiophene rings is 1. The molecular weight excluding hydrogens is 258 g/mol. The van der Waals surface area contributed by atoms with Gasteiger partial charge in [0.15, 0.2) is 5.78 Å². The van der Waals surface area contributed by atoms with E-state index < -0.39 is 6.04 Å². The van der Waals surface area contributed by atoms with Gasteiger partial charge in [-0.3, -0.25) is 4.79 Å². The molecule has 1 heterocycles. The first kappa shape index (κ1) is 13.8. The third kappa shape index (κ3) is 3.22. The minimum Gasteiger partial charge on any atom is -0.490 e. The van der Waals surface area contributed by atoms with Crippen molar-refractivity contribution >= 4 is 17.1 Å². The number of nitrogens with two attached hydrogens (primary N) is 1. The highest BCUT2D eigenvalue weighted by molar-refractivity contribution is 7.10. The van der Waals surface area contributed by atoms with Crippen molar-refractivity contribution in [3.63, 3.8) is 0 Å². The Balaban J connectivity index is 2.28. The fourth-order valence-electron chi connectivity index (χ4n) is 1.79. The largest absolute Gasteiger partial charge is 0.490 e. The van der Waals surface area contributed by atoms with E-state index in [-0.39, 0.29) is 11.9 Å². The molecule has 1 aromatic heterocycles. The van der Waals surface area contributed by atoms with Crippen LogP contribution in [0.5, 0.6) is 5.75 Å². The second kappa shape index (κ2) is 5.99. The molecule has 0 bridgehead atoms. The van der Waals surface area contributed by atoms with Gasteiger partial charge in [-0.1, -0.05) is 18.2 Å². The Labute approximate surface area is 117 Å². The molecule has 0 amide bonds. The number of para-hydroxylation sites is 1. The lowest BCUT2D eigenvalue weighted by atomic mass is 10.0. The number of hydrogen-bond donors (Lipinski definition) is 1. The summed E-state index contributed by atoms with van der Waals surface area (Å²) in [6.07, 6.45) is 0.0203. The lowest BCUT2D eigenvalue weighted by molar-refractivity contribution is 0.0957. The van der Waals surface area contributed by atoms with E-state index in [2.05, 4.69) is 0 Å². The van der Waals surface area contributed by atoms with E-state index in [1.54, 1.807) is 12.1 Å². The van der Waals surface area contributed by atoms with Crippen LogP contribution in [0.3, 0.4) is 0 Å². The highest BCUT2D eigenvalue weighted by atomic mass is 32.1. The van der Waals surface area contributed by atoms with Crippen LogP contribution < -0.4 is 10.5 Å². The predicted molar refractivity (Wildman–Crippen MR) is 77.8 cm³/mol. The van der Waals surface area contributed by atoms with Gasteiger partial charge >= 0.3 is 0 Å². The molecule has 0 aliphatic heterocycles. The molecule has 2 rings (SSSR count). The van der Waals surface area contributed by atoms with Crippen molar-refractivity contribution < 1.29 is 9.53 Å². The Morgan fingerprint density at radius 2 is 1.95 bits per heavy atom. The van der Waals surface area contributed by atoms with Gasteiger partial charge in [-0.2, -0.15) is 0 Å². The minimum absolute atomic E-state index is 0.0203. The van der Waals surface area contributed by atoms with E-state index in [1.165, 1.54) is 11.3 Å². The number of rotatable bonds is 5. The summed E-state index contributed by atoms with van der Waals surface area (Å²) in [5.41, 5.74) is 6.56. The monoisotopic (exact) mass is 275 g/mol. The molecule has 2 N–H and O–H groups in total. The van der Waals surface area contributed by atoms with Crippen molar-refractivity contribution in [1.29, 1.82) is 0 Å². The number of carbonyl (C=O) groups excluding carboxylic acids is 1. The summed E-state index contributed by atoms with van der Waals surface area (Å²) < 4.78 is 5.66. The molecule has 0 spiro atoms. The van der Waals surface area contributed by atoms with Crippen molar-refractivity contribution in [1.82, 2.24) is 0 Å². The van der Waals surface area contributed by atoms with Crippen LogP contribution in [0.1, 0.15) is 35.1 Å². The summed E-state index contributed by atoms with van der Waals surface area (Å²) in [5, 5.41) is 1.92. The molecule has 1 atom stereocenters. The van der Waals surface area contributed by atoms with Crippen molar-refractivity contribution in [3.05, 3.63) is 52.2 Å². The lowest BCUT2D eigenvalue weighted by Crippen LogP contribution is -2.21. The van der Waals surface area contributed by atoms with Crippen LogP contribution in [-0.2, 0) is 0 Å². The molecule has 0 saturated carbocycles. The van der Waals surface area contributed by atoms with Crippen LogP contribution in [0.2, 0.25) is 0 Å². The predicted octanol–water partition coefficient (Wildman–Crippen LogP) is 3.42. The summed E-state index contributed by atoms with van der Waals surface area (Å²) in [4.78, 5) is 13.3. The highest BCUT2D eigenvalue weighted by Gasteiger charge is 2.22. The van der Waals surface area contributed by atoms with Crippen molar-refractivity contribution in [2.24, 2.45) is 5.73 Å². The fraction of sp³-hybridized carbons (Fsp3) is 0.267. The van der Waals surface area contributed by atoms with Gasteiger partial charge in [0.05, 0.1) is 11.7 Å². The summed E-state index contributed by atoms with van der Waals surface area (Å²) in [7, 11) is 0. The Morgan fingerprint density at radius 3 is 2.58 bits per heavy atom. The number of ether oxygens (including phenoxy) is 1. The number of hydrogen-bond acceptors (Lipinski definition) is 4. The van der Waals surface area contributed by atoms with Crippen LogP contribution in [0, 0.1) is 0 Å². The molecule has 19 heavy (non-hydrogen) atoms. The van der Waals surface area contributed by atoms with Crippen LogP contribution in [0.4, 0.5) is 0 Å². The second-order valence-electron chi connectivity index (χ2n) is 4.52. The third-order valence-corrected chi connectivity index (χ3v) is 3.60. The molecule has 0 saturated heterocycles. The quantitative estimate of drug-likeness (QED) is 0.851. The van der Waals surface area contributed by atoms with Gasteiger partial charge in [0, 0.05) is 4.88 Å². The molecule has 3 nitrogen and oxygen atoms in total. The van der Waals surface area contributed by atoms with Crippen LogP contribution >= 0.6 is 11.3 Å². The number of carbonyl (C=O) groups is 1. The Bertz CT molecular complexity index is 549. The minimum atomic E-state index is -0.628. The van der Waals surface area contributed by atoms with E-state index in [4.69, 9.17) is 10.5 Å². The van der Waals surface area contributed by atoms with Crippen molar-refractivity contribution in [2.45, 2.75) is 26.0 Å². The number of Topliss-reactive ketones (excluding diaryl/α,β-unsaturated/α-hetero) is 1. The van der Waals surface area contributed by atoms with Crippen LogP contribution in [0.25, 0.3) is 0 Å². The fourth-order valence-corrected chi connectivity index (χ4v) is 2.52. The molecule has 1 unspecified atom stereocenters. The van der Waals surface area contributed by atoms with Crippen LogP contribution in [-0.4, -0.2) is 11.9 Å². The number of ketones is 1. The maximum atomic E-state index is 12.4. The summed E-state index contributed by atoms with van der Waals surface area (Å²) in [6, 6.07) is 10.4. The molecular formula is C15H17NO2S. The van der Waals surface area contributed by atoms with Gasteiger partial charge in [0.2, 0.25) is 0 Å². The maximum Gasteiger partial charge on any atom is 0.188 e. The molecule has 0 aliphatic carbocycles. The number of benzene rings is 1. The smallest absolute Gasteiger partial charge is 0.188 e. The van der Waals surface area contributed by atoms with Gasteiger partial charge in [0.25, 0.3) is 0 Å². The first-order valence-electron chi connectivity index (χ1n) is 6.18. The first-order chi connectivity index (χ1) is 9.09.